The molecule has 0 aliphatic carbocycles. The summed E-state index contributed by atoms with van der Waals surface area (Å²) >= 11 is 0. The van der Waals surface area contributed by atoms with Crippen LogP contribution in [0.5, 0.6) is 0 Å². The Morgan fingerprint density at radius 2 is 1.50 bits per heavy atom. The van der Waals surface area contributed by atoms with Gasteiger partial charge in [-0.2, -0.15) is 0 Å². The van der Waals surface area contributed by atoms with Gasteiger partial charge in [0.05, 0.1) is 11.2 Å². The number of hydrogen-bond donors (Lipinski definition) is 0. The van der Waals surface area contributed by atoms with Gasteiger partial charge in [-0.1, -0.05) is 0 Å². The second-order valence-corrected chi connectivity index (χ2v) is 3.60. The molecule has 0 aliphatic heterocycles. The number of aromatic nitrogens is 3. The Balaban J connectivity index is 2.98. The normalized spacial score (nSPS) is 10.9. The van der Waals surface area contributed by atoms with Crippen LogP contribution in [0.15, 0.2) is 6.33 Å². The first-order valence-electron chi connectivity index (χ1n) is 4.66. The predicted molar refractivity (Wildman–Crippen MR) is 56.3 cm³/mol. The fourth-order valence-electron chi connectivity index (χ4n) is 1.58. The van der Waals surface area contributed by atoms with Crippen molar-refractivity contribution in [3.63, 3.8) is 0 Å². The van der Waals surface area contributed by atoms with Crippen LogP contribution in [0.2, 0.25) is 0 Å². The van der Waals surface area contributed by atoms with Crippen LogP contribution in [0.25, 0.3) is 11.0 Å². The molecule has 0 aliphatic rings. The van der Waals surface area contributed by atoms with Gasteiger partial charge in [0, 0.05) is 5.69 Å². The molecular formula is C11H13N3. The van der Waals surface area contributed by atoms with E-state index in [9.17, 15) is 0 Å². The Morgan fingerprint density at radius 3 is 2.21 bits per heavy atom. The topological polar surface area (TPSA) is 38.7 Å². The third-order valence-electron chi connectivity index (χ3n) is 2.75. The smallest absolute Gasteiger partial charge is 0.116 e. The number of rotatable bonds is 0. The zero-order valence-corrected chi connectivity index (χ0v) is 8.92. The van der Waals surface area contributed by atoms with Gasteiger partial charge in [0.1, 0.15) is 11.8 Å². The standard InChI is InChI=1S/C11H13N3/c1-6-7(2)10-11(14-8(6)3)9(4)12-5-13-10/h5H,1-4H3. The van der Waals surface area contributed by atoms with Crippen LogP contribution in [0.1, 0.15) is 22.5 Å². The van der Waals surface area contributed by atoms with Gasteiger partial charge in [0.25, 0.3) is 0 Å². The van der Waals surface area contributed by atoms with E-state index >= 15 is 0 Å². The molecule has 0 N–H and O–H groups in total. The Morgan fingerprint density at radius 1 is 0.786 bits per heavy atom. The van der Waals surface area contributed by atoms with Crippen molar-refractivity contribution in [2.75, 3.05) is 0 Å². The molecule has 0 atom stereocenters. The molecule has 2 aromatic rings. The average molecular weight is 187 g/mol. The first-order valence-corrected chi connectivity index (χ1v) is 4.66. The van der Waals surface area contributed by atoms with E-state index in [0.717, 1.165) is 22.4 Å². The van der Waals surface area contributed by atoms with Gasteiger partial charge in [-0.15, -0.1) is 0 Å². The van der Waals surface area contributed by atoms with Crippen LogP contribution in [-0.2, 0) is 0 Å². The van der Waals surface area contributed by atoms with E-state index in [1.807, 2.05) is 13.8 Å². The van der Waals surface area contributed by atoms with E-state index in [0.29, 0.717) is 0 Å². The van der Waals surface area contributed by atoms with E-state index in [1.165, 1.54) is 11.1 Å². The molecular weight excluding hydrogens is 174 g/mol. The van der Waals surface area contributed by atoms with Crippen molar-refractivity contribution in [2.45, 2.75) is 27.7 Å². The SMILES string of the molecule is Cc1nc2c(C)ncnc2c(C)c1C. The zero-order valence-electron chi connectivity index (χ0n) is 8.92. The van der Waals surface area contributed by atoms with Crippen LogP contribution in [-0.4, -0.2) is 15.0 Å². The fourth-order valence-corrected chi connectivity index (χ4v) is 1.58. The molecule has 2 rings (SSSR count). The Kier molecular flexibility index (Phi) is 1.95. The molecule has 2 heterocycles. The van der Waals surface area contributed by atoms with Gasteiger partial charge in [-0.3, -0.25) is 0 Å². The predicted octanol–water partition coefficient (Wildman–Crippen LogP) is 2.26. The molecule has 0 unspecified atom stereocenters. The first-order chi connectivity index (χ1) is 6.61. The lowest BCUT2D eigenvalue weighted by Crippen LogP contribution is -1.98. The van der Waals surface area contributed by atoms with Gasteiger partial charge < -0.3 is 0 Å². The molecule has 0 saturated heterocycles. The van der Waals surface area contributed by atoms with Crippen LogP contribution >= 0.6 is 0 Å². The largest absolute Gasteiger partial charge is 0.249 e. The van der Waals surface area contributed by atoms with Crippen LogP contribution in [0.4, 0.5) is 0 Å². The molecule has 14 heavy (non-hydrogen) atoms. The van der Waals surface area contributed by atoms with Crippen molar-refractivity contribution in [3.8, 4) is 0 Å². The Labute approximate surface area is 83.2 Å². The van der Waals surface area contributed by atoms with Crippen LogP contribution in [0.3, 0.4) is 0 Å². The minimum Gasteiger partial charge on any atom is -0.249 e. The number of aryl methyl sites for hydroxylation is 3. The second-order valence-electron chi connectivity index (χ2n) is 3.60. The summed E-state index contributed by atoms with van der Waals surface area (Å²) in [6.45, 7) is 8.15. The highest BCUT2D eigenvalue weighted by atomic mass is 14.9. The minimum atomic E-state index is 0.924. The molecule has 3 heteroatoms. The summed E-state index contributed by atoms with van der Waals surface area (Å²) < 4.78 is 0. The molecule has 2 aromatic heterocycles. The third kappa shape index (κ3) is 1.16. The lowest BCUT2D eigenvalue weighted by atomic mass is 10.1. The Bertz CT molecular complexity index is 503. The second kappa shape index (κ2) is 3.01. The molecule has 3 nitrogen and oxygen atoms in total. The zero-order chi connectivity index (χ0) is 10.3. The molecule has 0 amide bonds. The lowest BCUT2D eigenvalue weighted by molar-refractivity contribution is 1.08. The number of pyridine rings is 1. The maximum absolute atomic E-state index is 4.51. The van der Waals surface area contributed by atoms with Crippen molar-refractivity contribution < 1.29 is 0 Å². The summed E-state index contributed by atoms with van der Waals surface area (Å²) in [5.74, 6) is 0. The van der Waals surface area contributed by atoms with E-state index in [4.69, 9.17) is 0 Å². The van der Waals surface area contributed by atoms with Crippen molar-refractivity contribution in [1.82, 2.24) is 15.0 Å². The summed E-state index contributed by atoms with van der Waals surface area (Å²) in [6.07, 6.45) is 1.60. The fraction of sp³-hybridized carbons (Fsp3) is 0.364. The van der Waals surface area contributed by atoms with Gasteiger partial charge in [-0.05, 0) is 38.8 Å². The number of fused-ring (bicyclic) bond motifs is 1. The van der Waals surface area contributed by atoms with E-state index in [-0.39, 0.29) is 0 Å². The summed E-state index contributed by atoms with van der Waals surface area (Å²) in [5.41, 5.74) is 6.33. The molecule has 0 spiro atoms. The third-order valence-corrected chi connectivity index (χ3v) is 2.75. The highest BCUT2D eigenvalue weighted by Gasteiger charge is 2.08. The first kappa shape index (κ1) is 9.06. The quantitative estimate of drug-likeness (QED) is 0.635. The molecule has 0 radical (unpaired) electrons. The number of hydrogen-bond acceptors (Lipinski definition) is 3. The maximum atomic E-state index is 4.51. The van der Waals surface area contributed by atoms with E-state index < -0.39 is 0 Å². The highest BCUT2D eigenvalue weighted by molar-refractivity contribution is 5.80. The molecule has 0 fully saturated rings. The van der Waals surface area contributed by atoms with Gasteiger partial charge in [-0.25, -0.2) is 15.0 Å². The monoisotopic (exact) mass is 187 g/mol. The highest BCUT2D eigenvalue weighted by Crippen LogP contribution is 2.20. The maximum Gasteiger partial charge on any atom is 0.116 e. The minimum absolute atomic E-state index is 0.924. The van der Waals surface area contributed by atoms with E-state index in [1.54, 1.807) is 6.33 Å². The number of nitrogens with zero attached hydrogens (tertiary/aromatic N) is 3. The van der Waals surface area contributed by atoms with Gasteiger partial charge >= 0.3 is 0 Å². The van der Waals surface area contributed by atoms with Crippen LogP contribution < -0.4 is 0 Å². The summed E-state index contributed by atoms with van der Waals surface area (Å²) in [6, 6.07) is 0. The Hall–Kier alpha value is -1.51. The van der Waals surface area contributed by atoms with E-state index in [2.05, 4.69) is 28.8 Å². The summed E-state index contributed by atoms with van der Waals surface area (Å²) in [4.78, 5) is 12.9. The average Bonchev–Trinajstić information content (AvgIpc) is 2.17. The molecule has 72 valence electrons. The van der Waals surface area contributed by atoms with Gasteiger partial charge in [0.2, 0.25) is 0 Å². The van der Waals surface area contributed by atoms with Crippen molar-refractivity contribution >= 4 is 11.0 Å². The van der Waals surface area contributed by atoms with Crippen molar-refractivity contribution in [1.29, 1.82) is 0 Å². The lowest BCUT2D eigenvalue weighted by Gasteiger charge is -2.08. The molecule has 0 saturated carbocycles. The molecule has 0 bridgehead atoms. The summed E-state index contributed by atoms with van der Waals surface area (Å²) in [5, 5.41) is 0. The van der Waals surface area contributed by atoms with Gasteiger partial charge in [0.15, 0.2) is 0 Å². The van der Waals surface area contributed by atoms with Crippen molar-refractivity contribution in [3.05, 3.63) is 28.8 Å². The van der Waals surface area contributed by atoms with Crippen LogP contribution in [0, 0.1) is 27.7 Å². The molecule has 0 aromatic carbocycles. The summed E-state index contributed by atoms with van der Waals surface area (Å²) in [7, 11) is 0. The van der Waals surface area contributed by atoms with Crippen molar-refractivity contribution in [2.24, 2.45) is 0 Å².